The number of rotatable bonds is 5. The summed E-state index contributed by atoms with van der Waals surface area (Å²) >= 11 is 0.929. The molecule has 2 aliphatic heterocycles. The van der Waals surface area contributed by atoms with Gasteiger partial charge < -0.3 is 14.2 Å². The predicted octanol–water partition coefficient (Wildman–Crippen LogP) is 3.90. The molecule has 0 radical (unpaired) electrons. The predicted molar refractivity (Wildman–Crippen MR) is 123 cm³/mol. The molecule has 0 saturated carbocycles. The molecule has 9 nitrogen and oxygen atoms in total. The highest BCUT2D eigenvalue weighted by molar-refractivity contribution is 8.18. The van der Waals surface area contributed by atoms with Crippen molar-refractivity contribution in [2.24, 2.45) is 0 Å². The Morgan fingerprint density at radius 2 is 1.91 bits per heavy atom. The summed E-state index contributed by atoms with van der Waals surface area (Å²) < 4.78 is 7.28. The maximum Gasteiger partial charge on any atom is 0.294 e. The van der Waals surface area contributed by atoms with Gasteiger partial charge in [0.05, 0.1) is 28.7 Å². The minimum absolute atomic E-state index is 0.0440. The first-order chi connectivity index (χ1) is 15.3. The molecule has 2 aromatic rings. The van der Waals surface area contributed by atoms with E-state index in [0.29, 0.717) is 49.1 Å². The number of aromatic nitrogens is 1. The van der Waals surface area contributed by atoms with Crippen LogP contribution in [0.25, 0.3) is 11.8 Å². The van der Waals surface area contributed by atoms with E-state index in [1.165, 1.54) is 4.90 Å². The van der Waals surface area contributed by atoms with E-state index in [4.69, 9.17) is 4.74 Å². The molecule has 3 heterocycles. The first kappa shape index (κ1) is 22.1. The number of hydrogen-bond acceptors (Lipinski definition) is 7. The Balaban J connectivity index is 1.72. The number of nitrogens with zero attached hydrogens (tertiary/aromatic N) is 4. The van der Waals surface area contributed by atoms with Crippen LogP contribution in [0, 0.1) is 24.0 Å². The highest BCUT2D eigenvalue weighted by atomic mass is 32.2. The summed E-state index contributed by atoms with van der Waals surface area (Å²) in [5.74, 6) is -0.294. The van der Waals surface area contributed by atoms with Crippen molar-refractivity contribution in [1.82, 2.24) is 9.47 Å². The van der Waals surface area contributed by atoms with Gasteiger partial charge in [0.1, 0.15) is 5.69 Å². The van der Waals surface area contributed by atoms with Gasteiger partial charge in [-0.3, -0.25) is 24.6 Å². The molecule has 0 unspecified atom stereocenters. The molecule has 2 aliphatic rings. The maximum absolute atomic E-state index is 12.5. The van der Waals surface area contributed by atoms with Crippen LogP contribution in [0.3, 0.4) is 0 Å². The Labute approximate surface area is 189 Å². The van der Waals surface area contributed by atoms with E-state index in [1.54, 1.807) is 25.1 Å². The zero-order valence-electron chi connectivity index (χ0n) is 18.2. The summed E-state index contributed by atoms with van der Waals surface area (Å²) in [6.45, 7) is 8.20. The van der Waals surface area contributed by atoms with E-state index in [9.17, 15) is 19.7 Å². The molecule has 0 N–H and O–H groups in total. The molecule has 1 aromatic carbocycles. The Hall–Kier alpha value is -3.11. The van der Waals surface area contributed by atoms with Crippen molar-refractivity contribution in [3.05, 3.63) is 56.2 Å². The van der Waals surface area contributed by atoms with E-state index < -0.39 is 0 Å². The molecule has 2 saturated heterocycles. The Bertz CT molecular complexity index is 1130. The van der Waals surface area contributed by atoms with E-state index in [1.807, 2.05) is 35.4 Å². The van der Waals surface area contributed by atoms with Gasteiger partial charge in [-0.2, -0.15) is 0 Å². The molecule has 1 aromatic heterocycles. The smallest absolute Gasteiger partial charge is 0.294 e. The largest absolute Gasteiger partial charge is 0.378 e. The van der Waals surface area contributed by atoms with Crippen molar-refractivity contribution in [1.29, 1.82) is 0 Å². The number of nitro groups is 1. The van der Waals surface area contributed by atoms with Crippen molar-refractivity contribution in [3.8, 4) is 5.69 Å². The first-order valence-corrected chi connectivity index (χ1v) is 11.2. The highest BCUT2D eigenvalue weighted by Crippen LogP contribution is 2.35. The summed E-state index contributed by atoms with van der Waals surface area (Å²) in [7, 11) is 0. The molecule has 0 aliphatic carbocycles. The van der Waals surface area contributed by atoms with Crippen molar-refractivity contribution >= 4 is 40.4 Å². The molecule has 0 atom stereocenters. The van der Waals surface area contributed by atoms with Gasteiger partial charge in [-0.25, -0.2) is 0 Å². The number of morpholine rings is 1. The van der Waals surface area contributed by atoms with Crippen LogP contribution in [-0.4, -0.2) is 58.4 Å². The van der Waals surface area contributed by atoms with Gasteiger partial charge in [-0.15, -0.1) is 0 Å². The fraction of sp³-hybridized carbons (Fsp3) is 0.364. The lowest BCUT2D eigenvalue weighted by atomic mass is 10.2. The summed E-state index contributed by atoms with van der Waals surface area (Å²) in [5, 5.41) is 11.6. The topological polar surface area (TPSA) is 97.9 Å². The third-order valence-corrected chi connectivity index (χ3v) is 6.62. The van der Waals surface area contributed by atoms with Crippen LogP contribution in [-0.2, 0) is 9.53 Å². The van der Waals surface area contributed by atoms with Crippen LogP contribution in [0.4, 0.5) is 16.2 Å². The Morgan fingerprint density at radius 3 is 2.53 bits per heavy atom. The number of likely N-dealkylation sites (N-methyl/N-ethyl adjacent to an activating group) is 1. The van der Waals surface area contributed by atoms with Crippen molar-refractivity contribution < 1.29 is 19.2 Å². The summed E-state index contributed by atoms with van der Waals surface area (Å²) in [4.78, 5) is 39.5. The molecule has 2 fully saturated rings. The standard InChI is InChI=1S/C22H24N4O5S/c1-4-24-21(27)20(32-22(24)28)12-16-11-14(2)25(15(16)3)17-5-6-18(19(13-17)26(29)30)23-7-9-31-10-8-23/h5-6,11-13H,4,7-10H2,1-3H3/b20-12-. The quantitative estimate of drug-likeness (QED) is 0.382. The average Bonchev–Trinajstić information content (AvgIpc) is 3.21. The molecule has 10 heteroatoms. The van der Waals surface area contributed by atoms with Crippen LogP contribution < -0.4 is 4.90 Å². The van der Waals surface area contributed by atoms with E-state index in [0.717, 1.165) is 28.7 Å². The number of carbonyl (C=O) groups excluding carboxylic acids is 2. The summed E-state index contributed by atoms with van der Waals surface area (Å²) in [6, 6.07) is 7.15. The van der Waals surface area contributed by atoms with Gasteiger partial charge in [0.15, 0.2) is 0 Å². The second-order valence-electron chi connectivity index (χ2n) is 7.62. The molecule has 0 spiro atoms. The van der Waals surface area contributed by atoms with Gasteiger partial charge in [-0.05, 0) is 62.4 Å². The van der Waals surface area contributed by atoms with Crippen LogP contribution in [0.15, 0.2) is 29.2 Å². The van der Waals surface area contributed by atoms with E-state index in [-0.39, 0.29) is 21.8 Å². The van der Waals surface area contributed by atoms with Crippen LogP contribution in [0.5, 0.6) is 0 Å². The van der Waals surface area contributed by atoms with Crippen LogP contribution in [0.1, 0.15) is 23.9 Å². The van der Waals surface area contributed by atoms with Gasteiger partial charge in [0.25, 0.3) is 16.8 Å². The number of imide groups is 1. The van der Waals surface area contributed by atoms with Gasteiger partial charge in [-0.1, -0.05) is 0 Å². The van der Waals surface area contributed by atoms with Gasteiger partial charge >= 0.3 is 0 Å². The third kappa shape index (κ3) is 3.91. The van der Waals surface area contributed by atoms with Crippen molar-refractivity contribution in [2.75, 3.05) is 37.7 Å². The fourth-order valence-electron chi connectivity index (χ4n) is 4.11. The normalized spacial score (nSPS) is 18.2. The van der Waals surface area contributed by atoms with Gasteiger partial charge in [0, 0.05) is 37.1 Å². The molecule has 2 amide bonds. The molecule has 0 bridgehead atoms. The molecular formula is C22H24N4O5S. The SMILES string of the molecule is CCN1C(=O)S/C(=C\c2cc(C)n(-c3ccc(N4CCOCC4)c([N+](=O)[O-])c3)c2C)C1=O. The highest BCUT2D eigenvalue weighted by Gasteiger charge is 2.34. The number of anilines is 1. The summed E-state index contributed by atoms with van der Waals surface area (Å²) in [6.07, 6.45) is 1.72. The molecular weight excluding hydrogens is 432 g/mol. The zero-order chi connectivity index (χ0) is 23.0. The van der Waals surface area contributed by atoms with E-state index in [2.05, 4.69) is 0 Å². The number of nitro benzene ring substituents is 1. The van der Waals surface area contributed by atoms with Gasteiger partial charge in [0.2, 0.25) is 0 Å². The Kier molecular flexibility index (Phi) is 6.07. The lowest BCUT2D eigenvalue weighted by Gasteiger charge is -2.28. The number of hydrogen-bond donors (Lipinski definition) is 0. The number of aryl methyl sites for hydroxylation is 1. The molecule has 168 valence electrons. The van der Waals surface area contributed by atoms with E-state index >= 15 is 0 Å². The minimum atomic E-state index is -0.357. The second-order valence-corrected chi connectivity index (χ2v) is 8.61. The van der Waals surface area contributed by atoms with Crippen LogP contribution >= 0.6 is 11.8 Å². The number of carbonyl (C=O) groups is 2. The molecule has 4 rings (SSSR count). The summed E-state index contributed by atoms with van der Waals surface area (Å²) in [5.41, 5.74) is 3.80. The number of thioether (sulfide) groups is 1. The number of amides is 2. The van der Waals surface area contributed by atoms with Crippen LogP contribution in [0.2, 0.25) is 0 Å². The number of ether oxygens (including phenoxy) is 1. The lowest BCUT2D eigenvalue weighted by Crippen LogP contribution is -2.36. The first-order valence-electron chi connectivity index (χ1n) is 10.4. The third-order valence-electron chi connectivity index (χ3n) is 5.71. The number of benzene rings is 1. The monoisotopic (exact) mass is 456 g/mol. The fourth-order valence-corrected chi connectivity index (χ4v) is 5.01. The van der Waals surface area contributed by atoms with Crippen molar-refractivity contribution in [2.45, 2.75) is 20.8 Å². The second kappa shape index (κ2) is 8.79. The minimum Gasteiger partial charge on any atom is -0.378 e. The Morgan fingerprint density at radius 1 is 1.19 bits per heavy atom. The zero-order valence-corrected chi connectivity index (χ0v) is 19.0. The van der Waals surface area contributed by atoms with Crippen molar-refractivity contribution in [3.63, 3.8) is 0 Å². The maximum atomic E-state index is 12.5. The average molecular weight is 457 g/mol. The lowest BCUT2D eigenvalue weighted by molar-refractivity contribution is -0.384. The molecule has 32 heavy (non-hydrogen) atoms.